The molecule has 0 aliphatic carbocycles. The van der Waals surface area contributed by atoms with Crippen molar-refractivity contribution in [2.45, 2.75) is 12.8 Å². The fourth-order valence-electron chi connectivity index (χ4n) is 2.52. The minimum absolute atomic E-state index is 0.0580. The number of pyridine rings is 1. The second-order valence-corrected chi connectivity index (χ2v) is 5.23. The number of nitrogens with one attached hydrogen (secondary N) is 1. The Kier molecular flexibility index (Phi) is 4.44. The van der Waals surface area contributed by atoms with Crippen LogP contribution >= 0.6 is 0 Å². The molecule has 0 aliphatic heterocycles. The first-order chi connectivity index (χ1) is 10.8. The summed E-state index contributed by atoms with van der Waals surface area (Å²) in [6.45, 7) is 0.664. The van der Waals surface area contributed by atoms with Crippen molar-refractivity contribution in [1.82, 2.24) is 10.3 Å². The van der Waals surface area contributed by atoms with Crippen molar-refractivity contribution in [2.24, 2.45) is 0 Å². The van der Waals surface area contributed by atoms with Crippen molar-refractivity contribution in [3.63, 3.8) is 0 Å². The first-order valence-corrected chi connectivity index (χ1v) is 7.50. The number of hydrogen-bond acceptors (Lipinski definition) is 2. The van der Waals surface area contributed by atoms with Crippen LogP contribution in [0.1, 0.15) is 22.3 Å². The summed E-state index contributed by atoms with van der Waals surface area (Å²) in [6.07, 6.45) is 3.61. The Morgan fingerprint density at radius 1 is 0.955 bits per heavy atom. The number of aromatic nitrogens is 1. The van der Waals surface area contributed by atoms with E-state index in [1.807, 2.05) is 48.5 Å². The lowest BCUT2D eigenvalue weighted by atomic mass is 10.1. The molecule has 3 nitrogen and oxygen atoms in total. The molecule has 0 bridgehead atoms. The van der Waals surface area contributed by atoms with Crippen LogP contribution in [0.15, 0.2) is 66.9 Å². The molecular formula is C19H18N2O. The van der Waals surface area contributed by atoms with Gasteiger partial charge in [0.15, 0.2) is 0 Å². The molecule has 1 heterocycles. The number of carbonyl (C=O) groups is 1. The number of nitrogens with zero attached hydrogens (tertiary/aromatic N) is 1. The molecule has 0 saturated carbocycles. The normalized spacial score (nSPS) is 10.5. The Labute approximate surface area is 130 Å². The number of rotatable bonds is 5. The van der Waals surface area contributed by atoms with Gasteiger partial charge in [-0.2, -0.15) is 0 Å². The van der Waals surface area contributed by atoms with Gasteiger partial charge in [-0.15, -0.1) is 0 Å². The Balaban J connectivity index is 1.60. The van der Waals surface area contributed by atoms with Gasteiger partial charge in [0.1, 0.15) is 0 Å². The quantitative estimate of drug-likeness (QED) is 0.730. The topological polar surface area (TPSA) is 42.0 Å². The average molecular weight is 290 g/mol. The smallest absolute Gasteiger partial charge is 0.253 e. The van der Waals surface area contributed by atoms with Crippen molar-refractivity contribution < 1.29 is 4.79 Å². The SMILES string of the molecule is O=C(NCCCc1ccccc1)c1cccc2cccnc12. The molecule has 3 aromatic rings. The number of carbonyl (C=O) groups excluding carboxylic acids is 1. The number of hydrogen-bond donors (Lipinski definition) is 1. The van der Waals surface area contributed by atoms with E-state index in [2.05, 4.69) is 22.4 Å². The van der Waals surface area contributed by atoms with E-state index >= 15 is 0 Å². The first kappa shape index (κ1) is 14.3. The molecule has 0 aliphatic rings. The maximum Gasteiger partial charge on any atom is 0.253 e. The summed E-state index contributed by atoms with van der Waals surface area (Å²) in [7, 11) is 0. The summed E-state index contributed by atoms with van der Waals surface area (Å²) in [5.41, 5.74) is 2.69. The Hall–Kier alpha value is -2.68. The lowest BCUT2D eigenvalue weighted by molar-refractivity contribution is 0.0954. The van der Waals surface area contributed by atoms with Crippen LogP contribution in [0.5, 0.6) is 0 Å². The van der Waals surface area contributed by atoms with Crippen LogP contribution in [0.4, 0.5) is 0 Å². The molecule has 3 heteroatoms. The van der Waals surface area contributed by atoms with Gasteiger partial charge in [0.05, 0.1) is 11.1 Å². The summed E-state index contributed by atoms with van der Waals surface area (Å²) in [5, 5.41) is 3.97. The highest BCUT2D eigenvalue weighted by atomic mass is 16.1. The number of para-hydroxylation sites is 1. The molecule has 0 fully saturated rings. The van der Waals surface area contributed by atoms with E-state index in [4.69, 9.17) is 0 Å². The van der Waals surface area contributed by atoms with Crippen LogP contribution in [-0.2, 0) is 6.42 Å². The maximum absolute atomic E-state index is 12.3. The third kappa shape index (κ3) is 3.31. The Morgan fingerprint density at radius 2 is 1.77 bits per heavy atom. The first-order valence-electron chi connectivity index (χ1n) is 7.50. The van der Waals surface area contributed by atoms with Crippen LogP contribution in [-0.4, -0.2) is 17.4 Å². The van der Waals surface area contributed by atoms with E-state index in [1.54, 1.807) is 6.20 Å². The van der Waals surface area contributed by atoms with Gasteiger partial charge in [-0.1, -0.05) is 48.5 Å². The number of aryl methyl sites for hydroxylation is 1. The second kappa shape index (κ2) is 6.85. The van der Waals surface area contributed by atoms with E-state index in [-0.39, 0.29) is 5.91 Å². The second-order valence-electron chi connectivity index (χ2n) is 5.23. The predicted octanol–water partition coefficient (Wildman–Crippen LogP) is 3.60. The van der Waals surface area contributed by atoms with Crippen LogP contribution in [0.2, 0.25) is 0 Å². The summed E-state index contributed by atoms with van der Waals surface area (Å²) < 4.78 is 0. The molecule has 2 aromatic carbocycles. The molecule has 0 radical (unpaired) electrons. The van der Waals surface area contributed by atoms with Gasteiger partial charge in [0.25, 0.3) is 5.91 Å². The van der Waals surface area contributed by atoms with Gasteiger partial charge >= 0.3 is 0 Å². The number of amides is 1. The molecule has 3 rings (SSSR count). The van der Waals surface area contributed by atoms with Crippen LogP contribution in [0.25, 0.3) is 10.9 Å². The zero-order valence-corrected chi connectivity index (χ0v) is 12.3. The highest BCUT2D eigenvalue weighted by molar-refractivity contribution is 6.05. The van der Waals surface area contributed by atoms with E-state index in [0.29, 0.717) is 12.1 Å². The van der Waals surface area contributed by atoms with Gasteiger partial charge < -0.3 is 5.32 Å². The third-order valence-corrected chi connectivity index (χ3v) is 3.65. The van der Waals surface area contributed by atoms with Crippen molar-refractivity contribution in [3.8, 4) is 0 Å². The highest BCUT2D eigenvalue weighted by Gasteiger charge is 2.09. The van der Waals surface area contributed by atoms with Crippen molar-refractivity contribution in [2.75, 3.05) is 6.54 Å². The lowest BCUT2D eigenvalue weighted by Crippen LogP contribution is -2.25. The molecule has 1 amide bonds. The number of fused-ring (bicyclic) bond motifs is 1. The monoisotopic (exact) mass is 290 g/mol. The van der Waals surface area contributed by atoms with Crippen LogP contribution < -0.4 is 5.32 Å². The summed E-state index contributed by atoms with van der Waals surface area (Å²) in [4.78, 5) is 16.6. The van der Waals surface area contributed by atoms with Gasteiger partial charge in [-0.3, -0.25) is 9.78 Å². The Morgan fingerprint density at radius 3 is 2.64 bits per heavy atom. The molecule has 1 aromatic heterocycles. The molecular weight excluding hydrogens is 272 g/mol. The van der Waals surface area contributed by atoms with Gasteiger partial charge in [0.2, 0.25) is 0 Å². The zero-order valence-electron chi connectivity index (χ0n) is 12.3. The standard InChI is InChI=1S/C19H18N2O/c22-19(21-14-5-9-15-7-2-1-3-8-15)17-12-4-10-16-11-6-13-20-18(16)17/h1-4,6-8,10-13H,5,9,14H2,(H,21,22). The van der Waals surface area contributed by atoms with E-state index in [9.17, 15) is 4.79 Å². The fraction of sp³-hybridized carbons (Fsp3) is 0.158. The van der Waals surface area contributed by atoms with Crippen molar-refractivity contribution in [1.29, 1.82) is 0 Å². The largest absolute Gasteiger partial charge is 0.352 e. The minimum atomic E-state index is -0.0580. The summed E-state index contributed by atoms with van der Waals surface area (Å²) >= 11 is 0. The van der Waals surface area contributed by atoms with Crippen molar-refractivity contribution in [3.05, 3.63) is 78.0 Å². The molecule has 0 atom stereocenters. The summed E-state index contributed by atoms with van der Waals surface area (Å²) in [5.74, 6) is -0.0580. The van der Waals surface area contributed by atoms with E-state index in [1.165, 1.54) is 5.56 Å². The zero-order chi connectivity index (χ0) is 15.2. The molecule has 110 valence electrons. The Bertz CT molecular complexity index is 763. The van der Waals surface area contributed by atoms with Gasteiger partial charge in [-0.25, -0.2) is 0 Å². The van der Waals surface area contributed by atoms with Gasteiger partial charge in [0, 0.05) is 18.1 Å². The van der Waals surface area contributed by atoms with E-state index in [0.717, 1.165) is 23.7 Å². The lowest BCUT2D eigenvalue weighted by Gasteiger charge is -2.07. The molecule has 22 heavy (non-hydrogen) atoms. The molecule has 0 spiro atoms. The minimum Gasteiger partial charge on any atom is -0.352 e. The average Bonchev–Trinajstić information content (AvgIpc) is 2.59. The predicted molar refractivity (Wildman–Crippen MR) is 88.8 cm³/mol. The van der Waals surface area contributed by atoms with Crippen LogP contribution in [0.3, 0.4) is 0 Å². The summed E-state index contributed by atoms with van der Waals surface area (Å²) in [6, 6.07) is 19.8. The van der Waals surface area contributed by atoms with E-state index < -0.39 is 0 Å². The molecule has 0 unspecified atom stereocenters. The van der Waals surface area contributed by atoms with Gasteiger partial charge in [-0.05, 0) is 30.5 Å². The fourth-order valence-corrected chi connectivity index (χ4v) is 2.52. The third-order valence-electron chi connectivity index (χ3n) is 3.65. The maximum atomic E-state index is 12.3. The highest BCUT2D eigenvalue weighted by Crippen LogP contribution is 2.15. The van der Waals surface area contributed by atoms with Crippen molar-refractivity contribution >= 4 is 16.8 Å². The molecule has 1 N–H and O–H groups in total. The molecule has 0 saturated heterocycles. The number of benzene rings is 2. The van der Waals surface area contributed by atoms with Crippen LogP contribution in [0, 0.1) is 0 Å².